The minimum Gasteiger partial charge on any atom is -0.376 e. The predicted molar refractivity (Wildman–Crippen MR) is 64.4 cm³/mol. The van der Waals surface area contributed by atoms with E-state index in [-0.39, 0.29) is 18.2 Å². The van der Waals surface area contributed by atoms with Gasteiger partial charge in [-0.05, 0) is 25.5 Å². The summed E-state index contributed by atoms with van der Waals surface area (Å²) in [5, 5.41) is 12.2. The predicted octanol–water partition coefficient (Wildman–Crippen LogP) is 0.870. The van der Waals surface area contributed by atoms with E-state index in [0.717, 1.165) is 12.1 Å². The Kier molecular flexibility index (Phi) is 3.57. The van der Waals surface area contributed by atoms with Crippen LogP contribution < -0.4 is 11.1 Å². The summed E-state index contributed by atoms with van der Waals surface area (Å²) in [7, 11) is 0. The fraction of sp³-hybridized carbons (Fsp3) is 0.500. The molecule has 1 aliphatic rings. The molecular formula is C12H16N4O. The molecule has 0 amide bonds. The summed E-state index contributed by atoms with van der Waals surface area (Å²) in [6.07, 6.45) is 2.58. The van der Waals surface area contributed by atoms with Gasteiger partial charge in [-0.1, -0.05) is 0 Å². The van der Waals surface area contributed by atoms with Crippen molar-refractivity contribution in [3.63, 3.8) is 0 Å². The van der Waals surface area contributed by atoms with Crippen LogP contribution in [-0.4, -0.2) is 29.8 Å². The van der Waals surface area contributed by atoms with Crippen LogP contribution in [0.15, 0.2) is 18.3 Å². The van der Waals surface area contributed by atoms with Crippen molar-refractivity contribution in [1.29, 1.82) is 5.26 Å². The molecule has 0 aliphatic heterocycles. The monoisotopic (exact) mass is 232 g/mol. The Hall–Kier alpha value is -1.64. The number of ether oxygens (including phenoxy) is 1. The molecule has 1 aromatic rings. The van der Waals surface area contributed by atoms with Crippen molar-refractivity contribution in [3.05, 3.63) is 24.0 Å². The van der Waals surface area contributed by atoms with E-state index in [2.05, 4.69) is 16.4 Å². The standard InChI is InChI=1S/C12H16N4O/c1-2-17-11-6-8(14)12(11)16-9-4-3-5-15-10(9)7-13/h3-5,8,11-12,16H,2,6,14H2,1H3. The third-order valence-electron chi connectivity index (χ3n) is 2.98. The molecule has 0 bridgehead atoms. The Bertz CT molecular complexity index is 427. The molecule has 0 spiro atoms. The van der Waals surface area contributed by atoms with Crippen molar-refractivity contribution in [1.82, 2.24) is 4.98 Å². The Labute approximate surface area is 101 Å². The van der Waals surface area contributed by atoms with E-state index in [1.165, 1.54) is 0 Å². The van der Waals surface area contributed by atoms with Crippen molar-refractivity contribution in [2.45, 2.75) is 31.5 Å². The van der Waals surface area contributed by atoms with Gasteiger partial charge in [0.15, 0.2) is 5.69 Å². The van der Waals surface area contributed by atoms with E-state index in [9.17, 15) is 0 Å². The zero-order chi connectivity index (χ0) is 12.3. The summed E-state index contributed by atoms with van der Waals surface area (Å²) in [5.74, 6) is 0. The van der Waals surface area contributed by atoms with Crippen molar-refractivity contribution in [2.75, 3.05) is 11.9 Å². The van der Waals surface area contributed by atoms with Gasteiger partial charge in [-0.2, -0.15) is 5.26 Å². The van der Waals surface area contributed by atoms with Crippen LogP contribution in [-0.2, 0) is 4.74 Å². The maximum atomic E-state index is 8.94. The second kappa shape index (κ2) is 5.13. The van der Waals surface area contributed by atoms with E-state index >= 15 is 0 Å². The van der Waals surface area contributed by atoms with E-state index in [1.54, 1.807) is 12.3 Å². The number of nitrogens with one attached hydrogen (secondary N) is 1. The molecule has 1 aliphatic carbocycles. The first-order valence-corrected chi connectivity index (χ1v) is 5.75. The second-order valence-electron chi connectivity index (χ2n) is 4.07. The molecular weight excluding hydrogens is 216 g/mol. The van der Waals surface area contributed by atoms with E-state index in [0.29, 0.717) is 12.3 Å². The summed E-state index contributed by atoms with van der Waals surface area (Å²) in [6, 6.07) is 5.81. The number of pyridine rings is 1. The third kappa shape index (κ3) is 2.38. The van der Waals surface area contributed by atoms with Crippen LogP contribution in [0.2, 0.25) is 0 Å². The van der Waals surface area contributed by atoms with Gasteiger partial charge < -0.3 is 15.8 Å². The van der Waals surface area contributed by atoms with Crippen LogP contribution in [0.1, 0.15) is 19.0 Å². The molecule has 5 heteroatoms. The first kappa shape index (κ1) is 11.8. The molecule has 3 N–H and O–H groups in total. The minimum absolute atomic E-state index is 0.0613. The minimum atomic E-state index is 0.0613. The van der Waals surface area contributed by atoms with Gasteiger partial charge in [0.2, 0.25) is 0 Å². The lowest BCUT2D eigenvalue weighted by Crippen LogP contribution is -2.60. The van der Waals surface area contributed by atoms with Crippen LogP contribution >= 0.6 is 0 Å². The van der Waals surface area contributed by atoms with Gasteiger partial charge in [-0.3, -0.25) is 0 Å². The molecule has 3 unspecified atom stereocenters. The Balaban J connectivity index is 2.07. The van der Waals surface area contributed by atoms with Gasteiger partial charge in [-0.15, -0.1) is 0 Å². The van der Waals surface area contributed by atoms with Gasteiger partial charge in [0.25, 0.3) is 0 Å². The molecule has 1 fully saturated rings. The topological polar surface area (TPSA) is 84.0 Å². The summed E-state index contributed by atoms with van der Waals surface area (Å²) in [4.78, 5) is 4.00. The van der Waals surface area contributed by atoms with Crippen molar-refractivity contribution >= 4 is 5.69 Å². The highest BCUT2D eigenvalue weighted by molar-refractivity contribution is 5.54. The molecule has 90 valence electrons. The largest absolute Gasteiger partial charge is 0.376 e. The Morgan fingerprint density at radius 3 is 3.18 bits per heavy atom. The number of hydrogen-bond donors (Lipinski definition) is 2. The smallest absolute Gasteiger partial charge is 0.163 e. The molecule has 1 heterocycles. The average molecular weight is 232 g/mol. The number of anilines is 1. The first-order valence-electron chi connectivity index (χ1n) is 5.75. The van der Waals surface area contributed by atoms with Gasteiger partial charge >= 0.3 is 0 Å². The van der Waals surface area contributed by atoms with Crippen LogP contribution in [0.5, 0.6) is 0 Å². The molecule has 3 atom stereocenters. The van der Waals surface area contributed by atoms with Crippen molar-refractivity contribution < 1.29 is 4.74 Å². The summed E-state index contributed by atoms with van der Waals surface area (Å²) in [6.45, 7) is 2.64. The number of nitriles is 1. The number of aromatic nitrogens is 1. The number of nitrogens with two attached hydrogens (primary N) is 1. The molecule has 2 rings (SSSR count). The number of hydrogen-bond acceptors (Lipinski definition) is 5. The van der Waals surface area contributed by atoms with Crippen LogP contribution in [0.3, 0.4) is 0 Å². The first-order chi connectivity index (χ1) is 8.26. The second-order valence-corrected chi connectivity index (χ2v) is 4.07. The molecule has 0 aromatic carbocycles. The highest BCUT2D eigenvalue weighted by atomic mass is 16.5. The molecule has 0 radical (unpaired) electrons. The maximum Gasteiger partial charge on any atom is 0.163 e. The van der Waals surface area contributed by atoms with Crippen molar-refractivity contribution in [2.24, 2.45) is 5.73 Å². The van der Waals surface area contributed by atoms with Crippen molar-refractivity contribution in [3.8, 4) is 6.07 Å². The SMILES string of the molecule is CCOC1CC(N)C1Nc1cccnc1C#N. The lowest BCUT2D eigenvalue weighted by Gasteiger charge is -2.43. The highest BCUT2D eigenvalue weighted by Gasteiger charge is 2.39. The lowest BCUT2D eigenvalue weighted by atomic mass is 9.83. The van der Waals surface area contributed by atoms with E-state index in [1.807, 2.05) is 13.0 Å². The summed E-state index contributed by atoms with van der Waals surface area (Å²) in [5.41, 5.74) is 7.05. The fourth-order valence-corrected chi connectivity index (χ4v) is 2.02. The van der Waals surface area contributed by atoms with E-state index < -0.39 is 0 Å². The average Bonchev–Trinajstić information content (AvgIpc) is 2.36. The molecule has 0 saturated heterocycles. The van der Waals surface area contributed by atoms with E-state index in [4.69, 9.17) is 15.7 Å². The maximum absolute atomic E-state index is 8.94. The number of nitrogens with zero attached hydrogens (tertiary/aromatic N) is 2. The van der Waals surface area contributed by atoms with Gasteiger partial charge in [0.1, 0.15) is 6.07 Å². The van der Waals surface area contributed by atoms with Gasteiger partial charge in [-0.25, -0.2) is 4.98 Å². The van der Waals surface area contributed by atoms with Gasteiger partial charge in [0.05, 0.1) is 17.8 Å². The molecule has 1 aromatic heterocycles. The molecule has 17 heavy (non-hydrogen) atoms. The van der Waals surface area contributed by atoms with Crippen LogP contribution in [0, 0.1) is 11.3 Å². The zero-order valence-corrected chi connectivity index (χ0v) is 9.76. The van der Waals surface area contributed by atoms with Gasteiger partial charge in [0, 0.05) is 18.8 Å². The lowest BCUT2D eigenvalue weighted by molar-refractivity contribution is -0.0126. The molecule has 5 nitrogen and oxygen atoms in total. The summed E-state index contributed by atoms with van der Waals surface area (Å²) >= 11 is 0. The fourth-order valence-electron chi connectivity index (χ4n) is 2.02. The van der Waals surface area contributed by atoms with Crippen LogP contribution in [0.25, 0.3) is 0 Å². The highest BCUT2D eigenvalue weighted by Crippen LogP contribution is 2.27. The zero-order valence-electron chi connectivity index (χ0n) is 9.76. The third-order valence-corrected chi connectivity index (χ3v) is 2.98. The Morgan fingerprint density at radius 2 is 2.53 bits per heavy atom. The summed E-state index contributed by atoms with van der Waals surface area (Å²) < 4.78 is 5.56. The van der Waals surface area contributed by atoms with Crippen LogP contribution in [0.4, 0.5) is 5.69 Å². The molecule has 1 saturated carbocycles. The Morgan fingerprint density at radius 1 is 1.71 bits per heavy atom. The normalized spacial score (nSPS) is 27.0. The number of rotatable bonds is 4. The quantitative estimate of drug-likeness (QED) is 0.804.